The van der Waals surface area contributed by atoms with Crippen LogP contribution in [-0.4, -0.2) is 47.2 Å². The van der Waals surface area contributed by atoms with Crippen molar-refractivity contribution >= 4 is 26.7 Å². The molecule has 2 aromatic carbocycles. The summed E-state index contributed by atoms with van der Waals surface area (Å²) in [7, 11) is -1.90. The summed E-state index contributed by atoms with van der Waals surface area (Å²) in [5.41, 5.74) is 1.01. The molecule has 1 amide bonds. The fourth-order valence-corrected chi connectivity index (χ4v) is 5.42. The highest BCUT2D eigenvalue weighted by Gasteiger charge is 2.31. The first-order valence-corrected chi connectivity index (χ1v) is 12.4. The highest BCUT2D eigenvalue weighted by Crippen LogP contribution is 2.23. The lowest BCUT2D eigenvalue weighted by atomic mass is 10.1. The van der Waals surface area contributed by atoms with E-state index in [9.17, 15) is 13.2 Å². The Labute approximate surface area is 191 Å². The van der Waals surface area contributed by atoms with Gasteiger partial charge in [0.1, 0.15) is 0 Å². The Balaban J connectivity index is 1.88. The van der Waals surface area contributed by atoms with E-state index < -0.39 is 10.0 Å². The molecule has 0 saturated carbocycles. The highest BCUT2D eigenvalue weighted by atomic mass is 32.2. The number of carbonyl (C=O) groups excluding carboxylic acids is 1. The first-order valence-electron chi connectivity index (χ1n) is 11.0. The minimum atomic E-state index is -3.84. The molecule has 32 heavy (non-hydrogen) atoms. The zero-order chi connectivity index (χ0) is 23.5. The maximum Gasteiger partial charge on any atom is 0.243 e. The van der Waals surface area contributed by atoms with Crippen LogP contribution in [0.2, 0.25) is 0 Å². The average molecular weight is 456 g/mol. The molecule has 1 heterocycles. The summed E-state index contributed by atoms with van der Waals surface area (Å²) >= 11 is 0. The second kappa shape index (κ2) is 9.88. The zero-order valence-electron chi connectivity index (χ0n) is 19.5. The molecule has 0 aliphatic carbocycles. The molecular weight excluding hydrogens is 422 g/mol. The number of fused-ring (bicyclic) bond motifs is 1. The van der Waals surface area contributed by atoms with Crippen LogP contribution < -0.4 is 0 Å². The van der Waals surface area contributed by atoms with E-state index in [1.165, 1.54) is 4.31 Å². The number of rotatable bonds is 9. The third-order valence-electron chi connectivity index (χ3n) is 5.54. The first kappa shape index (κ1) is 24.0. The largest absolute Gasteiger partial charge is 0.353 e. The Morgan fingerprint density at radius 2 is 1.66 bits per heavy atom. The number of hydrogen-bond donors (Lipinski definition) is 0. The van der Waals surface area contributed by atoms with Crippen LogP contribution in [0.5, 0.6) is 0 Å². The minimum Gasteiger partial charge on any atom is -0.353 e. The molecule has 0 aliphatic heterocycles. The van der Waals surface area contributed by atoms with Gasteiger partial charge in [-0.3, -0.25) is 4.79 Å². The fourth-order valence-electron chi connectivity index (χ4n) is 3.79. The summed E-state index contributed by atoms with van der Waals surface area (Å²) in [6.07, 6.45) is 1.94. The predicted octanol–water partition coefficient (Wildman–Crippen LogP) is 4.26. The molecule has 7 heteroatoms. The average Bonchev–Trinajstić information content (AvgIpc) is 3.14. The molecule has 0 unspecified atom stereocenters. The molecule has 0 atom stereocenters. The maximum absolute atomic E-state index is 13.5. The summed E-state index contributed by atoms with van der Waals surface area (Å²) in [6.45, 7) is 8.53. The van der Waals surface area contributed by atoms with Crippen molar-refractivity contribution in [2.75, 3.05) is 13.1 Å². The van der Waals surface area contributed by atoms with Crippen LogP contribution in [-0.2, 0) is 28.4 Å². The lowest BCUT2D eigenvalue weighted by molar-refractivity contribution is -0.132. The van der Waals surface area contributed by atoms with Gasteiger partial charge in [0, 0.05) is 31.5 Å². The molecule has 0 N–H and O–H groups in total. The lowest BCUT2D eigenvalue weighted by Crippen LogP contribution is -2.46. The maximum atomic E-state index is 13.5. The number of carbonyl (C=O) groups is 1. The third-order valence-corrected chi connectivity index (χ3v) is 7.55. The number of nitrogens with zero attached hydrogens (tertiary/aromatic N) is 3. The Morgan fingerprint density at radius 1 is 0.969 bits per heavy atom. The van der Waals surface area contributed by atoms with E-state index in [0.717, 1.165) is 16.5 Å². The number of hydrogen-bond acceptors (Lipinski definition) is 3. The summed E-state index contributed by atoms with van der Waals surface area (Å²) < 4.78 is 30.3. The van der Waals surface area contributed by atoms with Crippen molar-refractivity contribution in [1.82, 2.24) is 13.8 Å². The predicted molar refractivity (Wildman–Crippen MR) is 129 cm³/mol. The first-order chi connectivity index (χ1) is 15.1. The summed E-state index contributed by atoms with van der Waals surface area (Å²) in [5.74, 6) is 0.0711. The van der Waals surface area contributed by atoms with Gasteiger partial charge in [-0.05, 0) is 54.8 Å². The Bertz CT molecular complexity index is 1180. The van der Waals surface area contributed by atoms with Crippen LogP contribution in [0.4, 0.5) is 0 Å². The Morgan fingerprint density at radius 3 is 2.25 bits per heavy atom. The van der Waals surface area contributed by atoms with Gasteiger partial charge in [-0.25, -0.2) is 8.42 Å². The van der Waals surface area contributed by atoms with Gasteiger partial charge in [0.05, 0.1) is 18.0 Å². The van der Waals surface area contributed by atoms with Gasteiger partial charge in [0.2, 0.25) is 15.9 Å². The van der Waals surface area contributed by atoms with Gasteiger partial charge in [0.25, 0.3) is 0 Å². The number of benzene rings is 2. The molecule has 172 valence electrons. The van der Waals surface area contributed by atoms with Crippen LogP contribution in [0.25, 0.3) is 10.8 Å². The standard InChI is InChI=1S/C25H33N3O3S/c1-19(2)16-27(17-23-11-8-14-26(23)5)25(29)18-28(20(3)4)32(30,31)24-13-12-21-9-6-7-10-22(21)15-24/h6-15,19-20H,16-18H2,1-5H3. The van der Waals surface area contributed by atoms with Crippen molar-refractivity contribution in [3.05, 3.63) is 66.5 Å². The molecule has 0 fully saturated rings. The minimum absolute atomic E-state index is 0.191. The zero-order valence-corrected chi connectivity index (χ0v) is 20.3. The van der Waals surface area contributed by atoms with Gasteiger partial charge in [-0.2, -0.15) is 4.31 Å². The number of aromatic nitrogens is 1. The Kier molecular flexibility index (Phi) is 7.41. The third kappa shape index (κ3) is 5.40. The van der Waals surface area contributed by atoms with E-state index >= 15 is 0 Å². The van der Waals surface area contributed by atoms with E-state index in [1.54, 1.807) is 30.9 Å². The van der Waals surface area contributed by atoms with Gasteiger partial charge in [-0.15, -0.1) is 0 Å². The van der Waals surface area contributed by atoms with E-state index in [-0.39, 0.29) is 29.3 Å². The Hall–Kier alpha value is -2.64. The molecule has 6 nitrogen and oxygen atoms in total. The van der Waals surface area contributed by atoms with E-state index in [2.05, 4.69) is 13.8 Å². The highest BCUT2D eigenvalue weighted by molar-refractivity contribution is 7.89. The van der Waals surface area contributed by atoms with E-state index in [0.29, 0.717) is 13.1 Å². The quantitative estimate of drug-likeness (QED) is 0.484. The van der Waals surface area contributed by atoms with Crippen molar-refractivity contribution in [2.24, 2.45) is 13.0 Å². The molecule has 0 saturated heterocycles. The molecule has 0 radical (unpaired) electrons. The topological polar surface area (TPSA) is 62.6 Å². The monoisotopic (exact) mass is 455 g/mol. The summed E-state index contributed by atoms with van der Waals surface area (Å²) in [4.78, 5) is 15.3. The molecule has 3 rings (SSSR count). The van der Waals surface area contributed by atoms with Gasteiger partial charge in [-0.1, -0.05) is 44.2 Å². The molecular formula is C25H33N3O3S. The van der Waals surface area contributed by atoms with Crippen LogP contribution in [0.3, 0.4) is 0 Å². The van der Waals surface area contributed by atoms with Crippen molar-refractivity contribution in [3.63, 3.8) is 0 Å². The molecule has 0 spiro atoms. The van der Waals surface area contributed by atoms with Crippen LogP contribution >= 0.6 is 0 Å². The van der Waals surface area contributed by atoms with Gasteiger partial charge in [0.15, 0.2) is 0 Å². The second-order valence-electron chi connectivity index (χ2n) is 8.93. The lowest BCUT2D eigenvalue weighted by Gasteiger charge is -2.30. The molecule has 3 aromatic rings. The normalized spacial score (nSPS) is 12.2. The molecule has 0 bridgehead atoms. The number of amides is 1. The van der Waals surface area contributed by atoms with Crippen molar-refractivity contribution in [1.29, 1.82) is 0 Å². The second-order valence-corrected chi connectivity index (χ2v) is 10.8. The number of sulfonamides is 1. The van der Waals surface area contributed by atoms with Crippen LogP contribution in [0.1, 0.15) is 33.4 Å². The van der Waals surface area contributed by atoms with Crippen molar-refractivity contribution in [2.45, 2.75) is 45.2 Å². The fraction of sp³-hybridized carbons (Fsp3) is 0.400. The van der Waals surface area contributed by atoms with E-state index in [4.69, 9.17) is 0 Å². The van der Waals surface area contributed by atoms with Gasteiger partial charge < -0.3 is 9.47 Å². The van der Waals surface area contributed by atoms with Crippen molar-refractivity contribution in [3.8, 4) is 0 Å². The van der Waals surface area contributed by atoms with Crippen molar-refractivity contribution < 1.29 is 13.2 Å². The van der Waals surface area contributed by atoms with Crippen LogP contribution in [0, 0.1) is 5.92 Å². The van der Waals surface area contributed by atoms with Crippen LogP contribution in [0.15, 0.2) is 65.7 Å². The summed E-state index contributed by atoms with van der Waals surface area (Å²) in [5, 5.41) is 1.83. The smallest absolute Gasteiger partial charge is 0.243 e. The van der Waals surface area contributed by atoms with E-state index in [1.807, 2.05) is 60.3 Å². The molecule has 0 aliphatic rings. The summed E-state index contributed by atoms with van der Waals surface area (Å²) in [6, 6.07) is 16.3. The number of aryl methyl sites for hydroxylation is 1. The van der Waals surface area contributed by atoms with Gasteiger partial charge >= 0.3 is 0 Å². The molecule has 1 aromatic heterocycles. The SMILES string of the molecule is CC(C)CN(Cc1cccn1C)C(=O)CN(C(C)C)S(=O)(=O)c1ccc2ccccc2c1.